The Bertz CT molecular complexity index is 1750. The van der Waals surface area contributed by atoms with Crippen LogP contribution in [0.3, 0.4) is 0 Å². The molecule has 0 radical (unpaired) electrons. The van der Waals surface area contributed by atoms with Crippen LogP contribution in [0, 0.1) is 11.7 Å². The maximum atomic E-state index is 14.4. The molecule has 6 aliphatic rings. The van der Waals surface area contributed by atoms with Gasteiger partial charge in [0.2, 0.25) is 21.8 Å². The third-order valence-corrected chi connectivity index (χ3v) is 13.0. The molecule has 7 rings (SSSR count). The summed E-state index contributed by atoms with van der Waals surface area (Å²) in [5.41, 5.74) is -0.496. The van der Waals surface area contributed by atoms with E-state index in [1.165, 1.54) is 15.9 Å². The molecule has 3 aliphatic carbocycles. The van der Waals surface area contributed by atoms with Crippen molar-refractivity contribution in [3.8, 4) is 0 Å². The molecule has 3 aliphatic heterocycles. The van der Waals surface area contributed by atoms with Crippen LogP contribution < -0.4 is 15.4 Å². The normalized spacial score (nSPS) is 30.2. The first-order valence-corrected chi connectivity index (χ1v) is 20.0. The van der Waals surface area contributed by atoms with E-state index in [-0.39, 0.29) is 45.0 Å². The third-order valence-electron chi connectivity index (χ3n) is 11.2. The molecule has 282 valence electrons. The van der Waals surface area contributed by atoms with Gasteiger partial charge in [-0.15, -0.1) is 0 Å². The maximum Gasteiger partial charge on any atom is 0.410 e. The lowest BCUT2D eigenvalue weighted by atomic mass is 10.0. The highest BCUT2D eigenvalue weighted by atomic mass is 32.2. The Morgan fingerprint density at radius 1 is 0.942 bits per heavy atom. The number of nitrogens with one attached hydrogen (secondary N) is 3. The number of nitrogens with zero attached hydrogens (tertiary/aromatic N) is 2. The number of alkyl carbamates (subject to hydrolysis) is 1. The molecule has 1 aromatic carbocycles. The Labute approximate surface area is 302 Å². The minimum atomic E-state index is -3.91. The quantitative estimate of drug-likeness (QED) is 0.369. The number of carbonyl (C=O) groups excluding carboxylic acids is 5. The zero-order valence-corrected chi connectivity index (χ0v) is 29.8. The standard InChI is InChI=1S/C36H46FN5O9S/c37-28-13-8-9-22-19-41(21-27(22)28)35(47)51-25-17-30-31(43)39-36(33(45)40-52(48,49)26-15-16-26)18-23(36)10-4-2-1-3-5-14-29(32(44)42(30)20-25)38-34(46)50-24-11-6-7-12-24/h4,8-10,13,23-26,29-30H,1-3,5-7,11-12,14-21H2,(H,38,46)(H,39,43)(H,40,45)/b10-4-/t23?,25-,29-,30+,36-/m1/s1. The number of hydrogen-bond acceptors (Lipinski definition) is 9. The highest BCUT2D eigenvalue weighted by Crippen LogP contribution is 2.46. The van der Waals surface area contributed by atoms with E-state index >= 15 is 0 Å². The first-order chi connectivity index (χ1) is 24.9. The molecule has 3 N–H and O–H groups in total. The maximum absolute atomic E-state index is 14.4. The van der Waals surface area contributed by atoms with Crippen molar-refractivity contribution in [1.29, 1.82) is 0 Å². The number of amides is 5. The molecule has 0 spiro atoms. The number of ether oxygens (including phenoxy) is 2. The molecule has 1 aromatic rings. The van der Waals surface area contributed by atoms with E-state index in [9.17, 15) is 36.8 Å². The van der Waals surface area contributed by atoms with Gasteiger partial charge in [-0.1, -0.05) is 37.1 Å². The van der Waals surface area contributed by atoms with Crippen LogP contribution in [0.1, 0.15) is 94.6 Å². The van der Waals surface area contributed by atoms with Gasteiger partial charge in [0.1, 0.15) is 35.6 Å². The summed E-state index contributed by atoms with van der Waals surface area (Å²) in [6, 6.07) is 2.37. The Hall–Kier alpha value is -4.21. The Morgan fingerprint density at radius 3 is 2.46 bits per heavy atom. The second-order valence-corrected chi connectivity index (χ2v) is 17.0. The van der Waals surface area contributed by atoms with Crippen LogP contribution in [0.4, 0.5) is 14.0 Å². The summed E-state index contributed by atoms with van der Waals surface area (Å²) in [4.78, 5) is 71.1. The van der Waals surface area contributed by atoms with Gasteiger partial charge in [-0.05, 0) is 75.8 Å². The lowest BCUT2D eigenvalue weighted by molar-refractivity contribution is -0.141. The van der Waals surface area contributed by atoms with Crippen LogP contribution >= 0.6 is 0 Å². The smallest absolute Gasteiger partial charge is 0.410 e. The summed E-state index contributed by atoms with van der Waals surface area (Å²) >= 11 is 0. The molecule has 3 saturated carbocycles. The summed E-state index contributed by atoms with van der Waals surface area (Å²) < 4.78 is 53.5. The molecule has 4 fully saturated rings. The number of halogens is 1. The molecule has 1 saturated heterocycles. The second-order valence-electron chi connectivity index (χ2n) is 15.0. The SMILES string of the molecule is O=C(N[C@@H]1CCCCC/C=C\C2C[C@@]2(C(=O)NS(=O)(=O)C2CC2)NC(=O)[C@@H]2C[C@@H](OC(=O)N3Cc4cccc(F)c4C3)CN2C1=O)OC1CCCC1. The van der Waals surface area contributed by atoms with Crippen LogP contribution in [0.25, 0.3) is 0 Å². The fraction of sp³-hybridized carbons (Fsp3) is 0.639. The molecule has 0 aromatic heterocycles. The molecule has 5 atom stereocenters. The van der Waals surface area contributed by atoms with Crippen molar-refractivity contribution < 1.29 is 46.3 Å². The van der Waals surface area contributed by atoms with Crippen molar-refractivity contribution in [2.45, 2.75) is 132 Å². The molecule has 3 heterocycles. The highest BCUT2D eigenvalue weighted by molar-refractivity contribution is 7.91. The molecule has 52 heavy (non-hydrogen) atoms. The van der Waals surface area contributed by atoms with Gasteiger partial charge in [-0.25, -0.2) is 22.4 Å². The van der Waals surface area contributed by atoms with E-state index in [2.05, 4.69) is 15.4 Å². The average molecular weight is 744 g/mol. The number of sulfonamides is 1. The lowest BCUT2D eigenvalue weighted by Gasteiger charge is -2.30. The van der Waals surface area contributed by atoms with E-state index in [0.717, 1.165) is 38.5 Å². The summed E-state index contributed by atoms with van der Waals surface area (Å²) in [6.45, 7) is -0.0334. The van der Waals surface area contributed by atoms with Crippen LogP contribution in [-0.4, -0.2) is 89.8 Å². The third kappa shape index (κ3) is 7.76. The van der Waals surface area contributed by atoms with Gasteiger partial charge < -0.3 is 25.0 Å². The average Bonchev–Trinajstić information content (AvgIpc) is 3.88. The molecular weight excluding hydrogens is 697 g/mol. The monoisotopic (exact) mass is 743 g/mol. The number of hydrogen-bond donors (Lipinski definition) is 3. The highest BCUT2D eigenvalue weighted by Gasteiger charge is 2.62. The lowest BCUT2D eigenvalue weighted by Crippen LogP contribution is -2.58. The van der Waals surface area contributed by atoms with Crippen molar-refractivity contribution in [2.24, 2.45) is 5.92 Å². The van der Waals surface area contributed by atoms with Gasteiger partial charge in [-0.3, -0.25) is 24.0 Å². The number of allylic oxidation sites excluding steroid dienone is 1. The zero-order chi connectivity index (χ0) is 36.6. The summed E-state index contributed by atoms with van der Waals surface area (Å²) in [5, 5.41) is 4.88. The minimum absolute atomic E-state index is 0.00548. The molecule has 0 bridgehead atoms. The second kappa shape index (κ2) is 14.7. The first kappa shape index (κ1) is 36.2. The molecule has 14 nitrogen and oxygen atoms in total. The van der Waals surface area contributed by atoms with Crippen molar-refractivity contribution in [3.63, 3.8) is 0 Å². The predicted octanol–water partition coefficient (Wildman–Crippen LogP) is 3.29. The van der Waals surface area contributed by atoms with E-state index in [4.69, 9.17) is 9.47 Å². The Morgan fingerprint density at radius 2 is 1.71 bits per heavy atom. The van der Waals surface area contributed by atoms with Crippen LogP contribution in [-0.2, 0) is 47.0 Å². The molecule has 1 unspecified atom stereocenters. The van der Waals surface area contributed by atoms with Gasteiger partial charge in [0.05, 0.1) is 18.3 Å². The topological polar surface area (TPSA) is 181 Å². The van der Waals surface area contributed by atoms with Crippen molar-refractivity contribution in [2.75, 3.05) is 6.54 Å². The van der Waals surface area contributed by atoms with Gasteiger partial charge in [0.15, 0.2) is 0 Å². The van der Waals surface area contributed by atoms with E-state index in [0.29, 0.717) is 36.8 Å². The number of benzene rings is 1. The van der Waals surface area contributed by atoms with Crippen molar-refractivity contribution in [1.82, 2.24) is 25.2 Å². The largest absolute Gasteiger partial charge is 0.446 e. The van der Waals surface area contributed by atoms with Crippen molar-refractivity contribution in [3.05, 3.63) is 47.3 Å². The molecular formula is C36H46FN5O9S. The minimum Gasteiger partial charge on any atom is -0.446 e. The van der Waals surface area contributed by atoms with E-state index < -0.39 is 80.6 Å². The zero-order valence-electron chi connectivity index (χ0n) is 29.0. The Kier molecular flexibility index (Phi) is 10.2. The fourth-order valence-electron chi connectivity index (χ4n) is 7.91. The summed E-state index contributed by atoms with van der Waals surface area (Å²) in [7, 11) is -3.91. The predicted molar refractivity (Wildman–Crippen MR) is 183 cm³/mol. The van der Waals surface area contributed by atoms with Gasteiger partial charge in [-0.2, -0.15) is 0 Å². The van der Waals surface area contributed by atoms with Crippen molar-refractivity contribution >= 4 is 39.9 Å². The van der Waals surface area contributed by atoms with Crippen LogP contribution in [0.5, 0.6) is 0 Å². The number of fused-ring (bicyclic) bond motifs is 3. The summed E-state index contributed by atoms with van der Waals surface area (Å²) in [5.74, 6) is -3.00. The summed E-state index contributed by atoms with van der Waals surface area (Å²) in [6.07, 6.45) is 8.51. The van der Waals surface area contributed by atoms with Gasteiger partial charge in [0, 0.05) is 24.4 Å². The van der Waals surface area contributed by atoms with E-state index in [1.807, 2.05) is 12.2 Å². The molecule has 16 heteroatoms. The van der Waals surface area contributed by atoms with Crippen LogP contribution in [0.2, 0.25) is 0 Å². The Balaban J connectivity index is 1.12. The first-order valence-electron chi connectivity index (χ1n) is 18.5. The number of rotatable bonds is 6. The fourth-order valence-corrected chi connectivity index (χ4v) is 9.27. The van der Waals surface area contributed by atoms with Crippen LogP contribution in [0.15, 0.2) is 30.4 Å². The van der Waals surface area contributed by atoms with E-state index in [1.54, 1.807) is 12.1 Å². The van der Waals surface area contributed by atoms with Gasteiger partial charge >= 0.3 is 12.2 Å². The van der Waals surface area contributed by atoms with Gasteiger partial charge in [0.25, 0.3) is 5.91 Å². The molecule has 5 amide bonds. The number of carbonyl (C=O) groups is 5.